The molecule has 0 aromatic heterocycles. The Morgan fingerprint density at radius 1 is 1.29 bits per heavy atom. The van der Waals surface area contributed by atoms with Crippen LogP contribution < -0.4 is 5.32 Å². The van der Waals surface area contributed by atoms with Gasteiger partial charge in [-0.05, 0) is 39.3 Å². The molecule has 0 aliphatic carbocycles. The molecule has 0 saturated carbocycles. The van der Waals surface area contributed by atoms with Crippen molar-refractivity contribution in [3.05, 3.63) is 42.1 Å². The number of anilines is 1. The van der Waals surface area contributed by atoms with Crippen LogP contribution in [0.15, 0.2) is 36.5 Å². The lowest BCUT2D eigenvalue weighted by atomic mass is 10.2. The number of para-hydroxylation sites is 1. The zero-order valence-electron chi connectivity index (χ0n) is 10.8. The number of carbonyl (C=O) groups is 1. The lowest BCUT2D eigenvalue weighted by molar-refractivity contribution is -0.148. The summed E-state index contributed by atoms with van der Waals surface area (Å²) in [5.74, 6) is -0.349. The van der Waals surface area contributed by atoms with Gasteiger partial charge < -0.3 is 10.1 Å². The molecular weight excluding hydrogens is 214 g/mol. The average Bonchev–Trinajstić information content (AvgIpc) is 2.18. The van der Waals surface area contributed by atoms with E-state index in [0.29, 0.717) is 0 Å². The molecule has 1 rings (SSSR count). The molecule has 0 saturated heterocycles. The Bertz CT molecular complexity index is 416. The molecule has 0 atom stereocenters. The summed E-state index contributed by atoms with van der Waals surface area (Å²) in [6, 6.07) is 7.87. The van der Waals surface area contributed by atoms with Gasteiger partial charge in [0.1, 0.15) is 5.60 Å². The highest BCUT2D eigenvalue weighted by Gasteiger charge is 2.13. The zero-order valence-corrected chi connectivity index (χ0v) is 10.8. The third-order valence-corrected chi connectivity index (χ3v) is 2.01. The molecule has 0 radical (unpaired) electrons. The Balaban J connectivity index is 2.51. The van der Waals surface area contributed by atoms with Crippen molar-refractivity contribution in [2.24, 2.45) is 0 Å². The summed E-state index contributed by atoms with van der Waals surface area (Å²) in [5, 5.41) is 3.05. The predicted octanol–water partition coefficient (Wildman–Crippen LogP) is 3.26. The number of esters is 1. The Hall–Kier alpha value is -1.77. The van der Waals surface area contributed by atoms with E-state index in [1.54, 1.807) is 6.20 Å². The van der Waals surface area contributed by atoms with Gasteiger partial charge in [-0.15, -0.1) is 0 Å². The van der Waals surface area contributed by atoms with Crippen molar-refractivity contribution >= 4 is 11.7 Å². The van der Waals surface area contributed by atoms with Crippen LogP contribution in [-0.4, -0.2) is 11.6 Å². The number of nitrogens with one attached hydrogen (secondary N) is 1. The molecule has 0 aliphatic rings. The lowest BCUT2D eigenvalue weighted by Crippen LogP contribution is -2.22. The summed E-state index contributed by atoms with van der Waals surface area (Å²) < 4.78 is 5.14. The number of hydrogen-bond donors (Lipinski definition) is 1. The van der Waals surface area contributed by atoms with Crippen LogP contribution in [0.25, 0.3) is 0 Å². The van der Waals surface area contributed by atoms with Gasteiger partial charge >= 0.3 is 5.97 Å². The van der Waals surface area contributed by atoms with Crippen molar-refractivity contribution in [2.75, 3.05) is 5.32 Å². The summed E-state index contributed by atoms with van der Waals surface area (Å²) in [5.41, 5.74) is 1.65. The fourth-order valence-corrected chi connectivity index (χ4v) is 1.27. The van der Waals surface area contributed by atoms with Gasteiger partial charge in [-0.25, -0.2) is 4.79 Å². The first-order chi connectivity index (χ1) is 7.88. The molecule has 17 heavy (non-hydrogen) atoms. The van der Waals surface area contributed by atoms with Gasteiger partial charge in [0.2, 0.25) is 0 Å². The Labute approximate surface area is 102 Å². The second kappa shape index (κ2) is 5.53. The van der Waals surface area contributed by atoms with Gasteiger partial charge in [0, 0.05) is 18.0 Å². The zero-order chi connectivity index (χ0) is 12.9. The van der Waals surface area contributed by atoms with Crippen LogP contribution in [-0.2, 0) is 9.53 Å². The second-order valence-corrected chi connectivity index (χ2v) is 4.83. The van der Waals surface area contributed by atoms with E-state index in [1.807, 2.05) is 52.0 Å². The van der Waals surface area contributed by atoms with Gasteiger partial charge in [0.25, 0.3) is 0 Å². The minimum absolute atomic E-state index is 0.349. The van der Waals surface area contributed by atoms with Crippen molar-refractivity contribution in [3.63, 3.8) is 0 Å². The standard InChI is InChI=1S/C14H19NO2/c1-11-7-5-6-8-12(11)15-10-9-13(16)17-14(2,3)4/h5-10,15H,1-4H3/b10-9+. The minimum atomic E-state index is -0.454. The highest BCUT2D eigenvalue weighted by atomic mass is 16.6. The summed E-state index contributed by atoms with van der Waals surface area (Å²) in [6.45, 7) is 7.53. The number of aryl methyl sites for hydroxylation is 1. The second-order valence-electron chi connectivity index (χ2n) is 4.83. The van der Waals surface area contributed by atoms with Crippen LogP contribution in [0.2, 0.25) is 0 Å². The van der Waals surface area contributed by atoms with Crippen molar-refractivity contribution in [3.8, 4) is 0 Å². The van der Waals surface area contributed by atoms with Gasteiger partial charge in [-0.3, -0.25) is 0 Å². The van der Waals surface area contributed by atoms with Gasteiger partial charge in [0.15, 0.2) is 0 Å². The van der Waals surface area contributed by atoms with E-state index >= 15 is 0 Å². The molecule has 0 spiro atoms. The molecule has 0 heterocycles. The Kier molecular flexibility index (Phi) is 4.32. The van der Waals surface area contributed by atoms with Crippen LogP contribution in [0.3, 0.4) is 0 Å². The van der Waals surface area contributed by atoms with Crippen LogP contribution in [0.5, 0.6) is 0 Å². The first-order valence-electron chi connectivity index (χ1n) is 5.60. The summed E-state index contributed by atoms with van der Waals surface area (Å²) >= 11 is 0. The highest BCUT2D eigenvalue weighted by Crippen LogP contribution is 2.13. The fourth-order valence-electron chi connectivity index (χ4n) is 1.27. The van der Waals surface area contributed by atoms with Crippen molar-refractivity contribution in [2.45, 2.75) is 33.3 Å². The normalized spacial score (nSPS) is 11.5. The Morgan fingerprint density at radius 2 is 1.94 bits per heavy atom. The maximum atomic E-state index is 11.4. The fraction of sp³-hybridized carbons (Fsp3) is 0.357. The highest BCUT2D eigenvalue weighted by molar-refractivity contribution is 5.82. The molecule has 1 aromatic rings. The van der Waals surface area contributed by atoms with Gasteiger partial charge in [-0.2, -0.15) is 0 Å². The molecular formula is C14H19NO2. The third-order valence-electron chi connectivity index (χ3n) is 2.01. The van der Waals surface area contributed by atoms with E-state index in [4.69, 9.17) is 4.74 Å². The van der Waals surface area contributed by atoms with E-state index in [-0.39, 0.29) is 5.97 Å². The molecule has 0 aliphatic heterocycles. The molecule has 1 aromatic carbocycles. The van der Waals surface area contributed by atoms with Crippen molar-refractivity contribution in [1.29, 1.82) is 0 Å². The van der Waals surface area contributed by atoms with Crippen LogP contribution >= 0.6 is 0 Å². The number of carbonyl (C=O) groups excluding carboxylic acids is 1. The topological polar surface area (TPSA) is 38.3 Å². The quantitative estimate of drug-likeness (QED) is 0.643. The molecule has 0 bridgehead atoms. The van der Waals surface area contributed by atoms with Crippen molar-refractivity contribution < 1.29 is 9.53 Å². The monoisotopic (exact) mass is 233 g/mol. The predicted molar refractivity (Wildman–Crippen MR) is 69.8 cm³/mol. The first kappa shape index (κ1) is 13.3. The SMILES string of the molecule is Cc1ccccc1N/C=C/C(=O)OC(C)(C)C. The molecule has 0 unspecified atom stereocenters. The minimum Gasteiger partial charge on any atom is -0.457 e. The van der Waals surface area contributed by atoms with Crippen LogP contribution in [0, 0.1) is 6.92 Å². The molecule has 0 fully saturated rings. The molecule has 3 nitrogen and oxygen atoms in total. The third kappa shape index (κ3) is 5.20. The average molecular weight is 233 g/mol. The summed E-state index contributed by atoms with van der Waals surface area (Å²) in [7, 11) is 0. The van der Waals surface area contributed by atoms with Gasteiger partial charge in [0.05, 0.1) is 0 Å². The van der Waals surface area contributed by atoms with E-state index in [2.05, 4.69) is 5.32 Å². The Morgan fingerprint density at radius 3 is 2.53 bits per heavy atom. The number of ether oxygens (including phenoxy) is 1. The molecule has 92 valence electrons. The van der Waals surface area contributed by atoms with Crippen LogP contribution in [0.4, 0.5) is 5.69 Å². The van der Waals surface area contributed by atoms with E-state index in [9.17, 15) is 4.79 Å². The summed E-state index contributed by atoms with van der Waals surface area (Å²) in [4.78, 5) is 11.4. The molecule has 1 N–H and O–H groups in total. The summed E-state index contributed by atoms with van der Waals surface area (Å²) in [6.07, 6.45) is 2.98. The number of rotatable bonds is 3. The van der Waals surface area contributed by atoms with E-state index in [1.165, 1.54) is 6.08 Å². The molecule has 3 heteroatoms. The molecule has 0 amide bonds. The maximum Gasteiger partial charge on any atom is 0.332 e. The number of hydrogen-bond acceptors (Lipinski definition) is 3. The maximum absolute atomic E-state index is 11.4. The van der Waals surface area contributed by atoms with E-state index < -0.39 is 5.60 Å². The van der Waals surface area contributed by atoms with Crippen molar-refractivity contribution in [1.82, 2.24) is 0 Å². The lowest BCUT2D eigenvalue weighted by Gasteiger charge is -2.17. The largest absolute Gasteiger partial charge is 0.457 e. The smallest absolute Gasteiger partial charge is 0.332 e. The first-order valence-corrected chi connectivity index (χ1v) is 5.60. The van der Waals surface area contributed by atoms with E-state index in [0.717, 1.165) is 11.3 Å². The van der Waals surface area contributed by atoms with Gasteiger partial charge in [-0.1, -0.05) is 18.2 Å². The number of benzene rings is 1. The van der Waals surface area contributed by atoms with Crippen LogP contribution in [0.1, 0.15) is 26.3 Å².